The second kappa shape index (κ2) is 4.23. The summed E-state index contributed by atoms with van der Waals surface area (Å²) < 4.78 is 1.79. The Hall–Kier alpha value is -1.68. The number of nitrogens with two attached hydrogens (primary N) is 1. The van der Waals surface area contributed by atoms with E-state index in [1.165, 1.54) is 6.33 Å². The van der Waals surface area contributed by atoms with Crippen LogP contribution >= 0.6 is 0 Å². The fourth-order valence-electron chi connectivity index (χ4n) is 1.71. The molecule has 1 aromatic carbocycles. The van der Waals surface area contributed by atoms with Gasteiger partial charge < -0.3 is 5.73 Å². The van der Waals surface area contributed by atoms with Gasteiger partial charge in [-0.3, -0.25) is 0 Å². The van der Waals surface area contributed by atoms with Crippen molar-refractivity contribution >= 4 is 0 Å². The topological polar surface area (TPSA) is 56.7 Å². The highest BCUT2D eigenvalue weighted by molar-refractivity contribution is 5.20. The minimum atomic E-state index is -0.00546. The third kappa shape index (κ3) is 2.05. The quantitative estimate of drug-likeness (QED) is 0.814. The number of nitrogens with zero attached hydrogens (tertiary/aromatic N) is 3. The molecular formula is C11H14N4. The van der Waals surface area contributed by atoms with Crippen LogP contribution in [0.25, 0.3) is 0 Å². The minimum absolute atomic E-state index is 0.00546. The third-order valence-electron chi connectivity index (χ3n) is 2.36. The summed E-state index contributed by atoms with van der Waals surface area (Å²) in [5, 5.41) is 4.14. The van der Waals surface area contributed by atoms with Crippen molar-refractivity contribution in [1.29, 1.82) is 0 Å². The zero-order valence-corrected chi connectivity index (χ0v) is 8.62. The van der Waals surface area contributed by atoms with Crippen molar-refractivity contribution in [3.63, 3.8) is 0 Å². The maximum Gasteiger partial charge on any atom is 0.137 e. The Kier molecular flexibility index (Phi) is 2.78. The Bertz CT molecular complexity index is 394. The van der Waals surface area contributed by atoms with Crippen molar-refractivity contribution in [3.8, 4) is 0 Å². The molecule has 15 heavy (non-hydrogen) atoms. The van der Waals surface area contributed by atoms with Crippen LogP contribution in [0.15, 0.2) is 43.0 Å². The molecule has 78 valence electrons. The molecule has 1 aromatic heterocycles. The second-order valence-electron chi connectivity index (χ2n) is 3.59. The Morgan fingerprint density at radius 1 is 1.27 bits per heavy atom. The lowest BCUT2D eigenvalue weighted by atomic mass is 10.0. The Balaban J connectivity index is 2.37. The molecule has 1 heterocycles. The van der Waals surface area contributed by atoms with E-state index in [1.807, 2.05) is 25.1 Å². The van der Waals surface area contributed by atoms with Crippen LogP contribution in [0, 0.1) is 0 Å². The summed E-state index contributed by atoms with van der Waals surface area (Å²) in [6.45, 7) is 1.97. The SMILES string of the molecule is CC(N)C(c1ccccc1)n1cncn1. The first-order valence-electron chi connectivity index (χ1n) is 4.93. The average Bonchev–Trinajstić information content (AvgIpc) is 2.72. The van der Waals surface area contributed by atoms with E-state index in [0.29, 0.717) is 0 Å². The van der Waals surface area contributed by atoms with E-state index in [1.54, 1.807) is 11.0 Å². The van der Waals surface area contributed by atoms with Gasteiger partial charge in [0.15, 0.2) is 0 Å². The van der Waals surface area contributed by atoms with Gasteiger partial charge in [0.25, 0.3) is 0 Å². The largest absolute Gasteiger partial charge is 0.326 e. The van der Waals surface area contributed by atoms with Crippen molar-refractivity contribution in [2.24, 2.45) is 5.73 Å². The molecule has 2 rings (SSSR count). The second-order valence-corrected chi connectivity index (χ2v) is 3.59. The van der Waals surface area contributed by atoms with E-state index in [0.717, 1.165) is 5.56 Å². The van der Waals surface area contributed by atoms with Gasteiger partial charge in [-0.05, 0) is 12.5 Å². The maximum atomic E-state index is 5.97. The van der Waals surface area contributed by atoms with Crippen molar-refractivity contribution in [2.45, 2.75) is 19.0 Å². The number of hydrogen-bond donors (Lipinski definition) is 1. The van der Waals surface area contributed by atoms with Gasteiger partial charge in [-0.15, -0.1) is 0 Å². The summed E-state index contributed by atoms with van der Waals surface area (Å²) in [7, 11) is 0. The molecule has 2 unspecified atom stereocenters. The van der Waals surface area contributed by atoms with Crippen LogP contribution in [0.4, 0.5) is 0 Å². The first-order valence-corrected chi connectivity index (χ1v) is 4.93. The van der Waals surface area contributed by atoms with E-state index in [9.17, 15) is 0 Å². The Morgan fingerprint density at radius 3 is 2.53 bits per heavy atom. The monoisotopic (exact) mass is 202 g/mol. The molecule has 0 amide bonds. The zero-order valence-electron chi connectivity index (χ0n) is 8.62. The van der Waals surface area contributed by atoms with Crippen LogP contribution in [0.1, 0.15) is 18.5 Å². The highest BCUT2D eigenvalue weighted by atomic mass is 15.3. The molecule has 0 fully saturated rings. The van der Waals surface area contributed by atoms with Crippen LogP contribution in [0.2, 0.25) is 0 Å². The molecule has 0 bridgehead atoms. The predicted molar refractivity (Wildman–Crippen MR) is 58.3 cm³/mol. The Morgan fingerprint density at radius 2 is 2.00 bits per heavy atom. The van der Waals surface area contributed by atoms with Crippen LogP contribution < -0.4 is 5.73 Å². The molecule has 0 radical (unpaired) electrons. The smallest absolute Gasteiger partial charge is 0.137 e. The van der Waals surface area contributed by atoms with Crippen molar-refractivity contribution in [3.05, 3.63) is 48.5 Å². The number of benzene rings is 1. The molecule has 4 nitrogen and oxygen atoms in total. The molecule has 0 saturated carbocycles. The van der Waals surface area contributed by atoms with Gasteiger partial charge in [-0.1, -0.05) is 30.3 Å². The summed E-state index contributed by atoms with van der Waals surface area (Å²) in [5.41, 5.74) is 7.12. The first kappa shape index (κ1) is 9.86. The van der Waals surface area contributed by atoms with Crippen LogP contribution in [0.5, 0.6) is 0 Å². The van der Waals surface area contributed by atoms with Gasteiger partial charge in [0, 0.05) is 6.04 Å². The molecular weight excluding hydrogens is 188 g/mol. The van der Waals surface area contributed by atoms with Crippen LogP contribution in [-0.4, -0.2) is 20.8 Å². The summed E-state index contributed by atoms with van der Waals surface area (Å²) in [4.78, 5) is 3.95. The van der Waals surface area contributed by atoms with E-state index in [2.05, 4.69) is 22.2 Å². The van der Waals surface area contributed by atoms with Crippen molar-refractivity contribution in [2.75, 3.05) is 0 Å². The average molecular weight is 202 g/mol. The number of hydrogen-bond acceptors (Lipinski definition) is 3. The summed E-state index contributed by atoms with van der Waals surface area (Å²) >= 11 is 0. The third-order valence-corrected chi connectivity index (χ3v) is 2.36. The van der Waals surface area contributed by atoms with Gasteiger partial charge in [0.05, 0.1) is 6.04 Å². The fraction of sp³-hybridized carbons (Fsp3) is 0.273. The normalized spacial score (nSPS) is 14.8. The lowest BCUT2D eigenvalue weighted by Gasteiger charge is -2.21. The molecule has 0 aliphatic carbocycles. The van der Waals surface area contributed by atoms with Gasteiger partial charge in [-0.25, -0.2) is 9.67 Å². The van der Waals surface area contributed by atoms with Gasteiger partial charge in [-0.2, -0.15) is 5.10 Å². The molecule has 2 aromatic rings. The van der Waals surface area contributed by atoms with Crippen molar-refractivity contribution in [1.82, 2.24) is 14.8 Å². The molecule has 4 heteroatoms. The van der Waals surface area contributed by atoms with Crippen LogP contribution in [0.3, 0.4) is 0 Å². The highest BCUT2D eigenvalue weighted by Crippen LogP contribution is 2.19. The summed E-state index contributed by atoms with van der Waals surface area (Å²) in [6.07, 6.45) is 3.22. The summed E-state index contributed by atoms with van der Waals surface area (Å²) in [6, 6.07) is 10.1. The number of aromatic nitrogens is 3. The van der Waals surface area contributed by atoms with Gasteiger partial charge in [0.2, 0.25) is 0 Å². The van der Waals surface area contributed by atoms with Gasteiger partial charge in [0.1, 0.15) is 12.7 Å². The minimum Gasteiger partial charge on any atom is -0.326 e. The number of rotatable bonds is 3. The van der Waals surface area contributed by atoms with E-state index in [4.69, 9.17) is 5.73 Å². The van der Waals surface area contributed by atoms with E-state index in [-0.39, 0.29) is 12.1 Å². The van der Waals surface area contributed by atoms with E-state index >= 15 is 0 Å². The van der Waals surface area contributed by atoms with E-state index < -0.39 is 0 Å². The van der Waals surface area contributed by atoms with Gasteiger partial charge >= 0.3 is 0 Å². The zero-order chi connectivity index (χ0) is 10.7. The molecule has 2 atom stereocenters. The molecule has 0 saturated heterocycles. The Labute approximate surface area is 88.8 Å². The first-order chi connectivity index (χ1) is 7.29. The maximum absolute atomic E-state index is 5.97. The standard InChI is InChI=1S/C11H14N4/c1-9(12)11(15-8-13-7-14-15)10-5-3-2-4-6-10/h2-9,11H,12H2,1H3. The summed E-state index contributed by atoms with van der Waals surface area (Å²) in [5.74, 6) is 0. The molecule has 0 spiro atoms. The molecule has 2 N–H and O–H groups in total. The predicted octanol–water partition coefficient (Wildman–Crippen LogP) is 1.21. The lowest BCUT2D eigenvalue weighted by Crippen LogP contribution is -2.30. The molecule has 0 aliphatic rings. The molecule has 0 aliphatic heterocycles. The van der Waals surface area contributed by atoms with Crippen molar-refractivity contribution < 1.29 is 0 Å². The lowest BCUT2D eigenvalue weighted by molar-refractivity contribution is 0.453. The van der Waals surface area contributed by atoms with Crippen LogP contribution in [-0.2, 0) is 0 Å². The fourth-order valence-corrected chi connectivity index (χ4v) is 1.71. The highest BCUT2D eigenvalue weighted by Gasteiger charge is 2.18.